The van der Waals surface area contributed by atoms with Gasteiger partial charge < -0.3 is 15.5 Å². The van der Waals surface area contributed by atoms with Crippen molar-refractivity contribution in [3.63, 3.8) is 0 Å². The molecule has 0 saturated heterocycles. The number of carbonyl (C=O) groups excluding carboxylic acids is 1. The van der Waals surface area contributed by atoms with Crippen LogP contribution in [0.3, 0.4) is 0 Å². The highest BCUT2D eigenvalue weighted by molar-refractivity contribution is 7.09. The lowest BCUT2D eigenvalue weighted by molar-refractivity contribution is 0.0983. The molecule has 0 atom stereocenters. The van der Waals surface area contributed by atoms with E-state index in [0.717, 1.165) is 35.8 Å². The molecular weight excluding hydrogens is 367 g/mol. The van der Waals surface area contributed by atoms with Crippen molar-refractivity contribution in [2.45, 2.75) is 12.8 Å². The third-order valence-electron chi connectivity index (χ3n) is 3.83. The average molecular weight is 389 g/mol. The van der Waals surface area contributed by atoms with E-state index in [-0.39, 0.29) is 30.7 Å². The molecule has 132 valence electrons. The molecule has 0 spiro atoms. The lowest BCUT2D eigenvalue weighted by atomic mass is 10.2. The second kappa shape index (κ2) is 9.22. The zero-order chi connectivity index (χ0) is 15.5. The summed E-state index contributed by atoms with van der Waals surface area (Å²) in [4.78, 5) is 21.3. The second-order valence-electron chi connectivity index (χ2n) is 5.39. The SMILES string of the molecule is CN1CCCN(C(=O)c2csc(CCN)n2)c2ccccc21.Cl.Cl. The summed E-state index contributed by atoms with van der Waals surface area (Å²) in [6.07, 6.45) is 1.66. The Hall–Kier alpha value is -1.34. The number of benzene rings is 1. The van der Waals surface area contributed by atoms with Crippen LogP contribution in [0.2, 0.25) is 0 Å². The lowest BCUT2D eigenvalue weighted by Gasteiger charge is -2.23. The fraction of sp³-hybridized carbons (Fsp3) is 0.375. The van der Waals surface area contributed by atoms with Gasteiger partial charge in [0.25, 0.3) is 5.91 Å². The van der Waals surface area contributed by atoms with Gasteiger partial charge >= 0.3 is 0 Å². The predicted octanol–water partition coefficient (Wildman–Crippen LogP) is 2.97. The molecule has 8 heteroatoms. The summed E-state index contributed by atoms with van der Waals surface area (Å²) in [6, 6.07) is 8.04. The van der Waals surface area contributed by atoms with Crippen LogP contribution in [0.1, 0.15) is 21.9 Å². The fourth-order valence-electron chi connectivity index (χ4n) is 2.72. The Kier molecular flexibility index (Phi) is 7.96. The zero-order valence-electron chi connectivity index (χ0n) is 13.5. The molecule has 0 unspecified atom stereocenters. The minimum atomic E-state index is -0.0257. The maximum atomic E-state index is 12.9. The third kappa shape index (κ3) is 4.19. The number of halogens is 2. The lowest BCUT2D eigenvalue weighted by Crippen LogP contribution is -2.31. The minimum absolute atomic E-state index is 0. The first-order chi connectivity index (χ1) is 10.7. The minimum Gasteiger partial charge on any atom is -0.373 e. The van der Waals surface area contributed by atoms with Gasteiger partial charge in [0.2, 0.25) is 0 Å². The number of amides is 1. The van der Waals surface area contributed by atoms with Crippen LogP contribution < -0.4 is 15.5 Å². The largest absolute Gasteiger partial charge is 0.373 e. The van der Waals surface area contributed by atoms with Crippen LogP contribution in [0, 0.1) is 0 Å². The van der Waals surface area contributed by atoms with Gasteiger partial charge in [0.15, 0.2) is 0 Å². The number of hydrogen-bond donors (Lipinski definition) is 1. The van der Waals surface area contributed by atoms with E-state index in [9.17, 15) is 4.79 Å². The second-order valence-corrected chi connectivity index (χ2v) is 6.33. The number of aromatic nitrogens is 1. The van der Waals surface area contributed by atoms with Gasteiger partial charge in [0.05, 0.1) is 16.4 Å². The molecule has 1 aromatic carbocycles. The Morgan fingerprint density at radius 3 is 2.67 bits per heavy atom. The van der Waals surface area contributed by atoms with Gasteiger partial charge in [-0.15, -0.1) is 36.2 Å². The predicted molar refractivity (Wildman–Crippen MR) is 105 cm³/mol. The Morgan fingerprint density at radius 1 is 1.25 bits per heavy atom. The number of rotatable bonds is 3. The molecule has 24 heavy (non-hydrogen) atoms. The smallest absolute Gasteiger partial charge is 0.277 e. The Labute approximate surface area is 158 Å². The van der Waals surface area contributed by atoms with Crippen molar-refractivity contribution in [3.8, 4) is 0 Å². The quantitative estimate of drug-likeness (QED) is 0.877. The first-order valence-corrected chi connectivity index (χ1v) is 8.35. The fourth-order valence-corrected chi connectivity index (χ4v) is 3.51. The molecule has 3 rings (SSSR count). The molecule has 1 aromatic heterocycles. The molecule has 1 aliphatic heterocycles. The molecule has 0 bridgehead atoms. The van der Waals surface area contributed by atoms with Crippen molar-refractivity contribution in [3.05, 3.63) is 40.3 Å². The zero-order valence-corrected chi connectivity index (χ0v) is 15.9. The maximum absolute atomic E-state index is 12.9. The number of anilines is 2. The van der Waals surface area contributed by atoms with Gasteiger partial charge in [-0.3, -0.25) is 4.79 Å². The average Bonchev–Trinajstić information content (AvgIpc) is 2.93. The highest BCUT2D eigenvalue weighted by Gasteiger charge is 2.25. The number of thiazole rings is 1. The van der Waals surface area contributed by atoms with Gasteiger partial charge in [-0.2, -0.15) is 0 Å². The van der Waals surface area contributed by atoms with Crippen molar-refractivity contribution >= 4 is 53.4 Å². The van der Waals surface area contributed by atoms with Gasteiger partial charge in [-0.1, -0.05) is 12.1 Å². The van der Waals surface area contributed by atoms with E-state index in [2.05, 4.69) is 23.0 Å². The first kappa shape index (κ1) is 20.7. The number of fused-ring (bicyclic) bond motifs is 1. The molecule has 5 nitrogen and oxygen atoms in total. The summed E-state index contributed by atoms with van der Waals surface area (Å²) in [7, 11) is 2.06. The maximum Gasteiger partial charge on any atom is 0.277 e. The number of nitrogens with two attached hydrogens (primary N) is 1. The number of carbonyl (C=O) groups is 1. The Balaban J connectivity index is 0.00000144. The van der Waals surface area contributed by atoms with Gasteiger partial charge in [0, 0.05) is 31.9 Å². The molecule has 0 radical (unpaired) electrons. The van der Waals surface area contributed by atoms with Crippen LogP contribution in [0.25, 0.3) is 0 Å². The summed E-state index contributed by atoms with van der Waals surface area (Å²) in [6.45, 7) is 2.21. The summed E-state index contributed by atoms with van der Waals surface area (Å²) < 4.78 is 0. The van der Waals surface area contributed by atoms with E-state index in [1.807, 2.05) is 28.5 Å². The number of para-hydroxylation sites is 2. The number of nitrogens with zero attached hydrogens (tertiary/aromatic N) is 3. The summed E-state index contributed by atoms with van der Waals surface area (Å²) in [5.41, 5.74) is 8.12. The molecule has 1 amide bonds. The molecule has 2 heterocycles. The highest BCUT2D eigenvalue weighted by Crippen LogP contribution is 2.32. The third-order valence-corrected chi connectivity index (χ3v) is 4.74. The molecular formula is C16H22Cl2N4OS. The van der Waals surface area contributed by atoms with Crippen LogP contribution in [-0.2, 0) is 6.42 Å². The van der Waals surface area contributed by atoms with Crippen LogP contribution in [0.5, 0.6) is 0 Å². The van der Waals surface area contributed by atoms with E-state index in [1.165, 1.54) is 11.3 Å². The highest BCUT2D eigenvalue weighted by atomic mass is 35.5. The first-order valence-electron chi connectivity index (χ1n) is 7.47. The van der Waals surface area contributed by atoms with E-state index in [0.29, 0.717) is 18.8 Å². The van der Waals surface area contributed by atoms with Gasteiger partial charge in [0.1, 0.15) is 5.69 Å². The van der Waals surface area contributed by atoms with Crippen LogP contribution in [0.15, 0.2) is 29.6 Å². The number of hydrogen-bond acceptors (Lipinski definition) is 5. The van der Waals surface area contributed by atoms with Crippen molar-refractivity contribution in [1.29, 1.82) is 0 Å². The topological polar surface area (TPSA) is 62.5 Å². The molecule has 0 fully saturated rings. The summed E-state index contributed by atoms with van der Waals surface area (Å²) in [5.74, 6) is -0.0257. The monoisotopic (exact) mass is 388 g/mol. The van der Waals surface area contributed by atoms with Crippen molar-refractivity contribution in [2.75, 3.05) is 36.5 Å². The van der Waals surface area contributed by atoms with Gasteiger partial charge in [-0.25, -0.2) is 4.98 Å². The van der Waals surface area contributed by atoms with E-state index in [4.69, 9.17) is 5.73 Å². The van der Waals surface area contributed by atoms with Crippen LogP contribution in [-0.4, -0.2) is 37.6 Å². The summed E-state index contributed by atoms with van der Waals surface area (Å²) >= 11 is 1.50. The Morgan fingerprint density at radius 2 is 1.96 bits per heavy atom. The Bertz CT molecular complexity index is 680. The standard InChI is InChI=1S/C16H20N4OS.2ClH/c1-19-9-4-10-20(14-6-3-2-5-13(14)19)16(21)12-11-22-15(18-12)7-8-17;;/h2-3,5-6,11H,4,7-10,17H2,1H3;2*1H. The molecule has 0 aliphatic carbocycles. The van der Waals surface area contributed by atoms with Gasteiger partial charge in [-0.05, 0) is 25.1 Å². The molecule has 1 aliphatic rings. The van der Waals surface area contributed by atoms with Crippen molar-refractivity contribution < 1.29 is 4.79 Å². The van der Waals surface area contributed by atoms with E-state index in [1.54, 1.807) is 0 Å². The molecule has 2 aromatic rings. The van der Waals surface area contributed by atoms with Crippen LogP contribution in [0.4, 0.5) is 11.4 Å². The molecule has 2 N–H and O–H groups in total. The van der Waals surface area contributed by atoms with Crippen LogP contribution >= 0.6 is 36.2 Å². The van der Waals surface area contributed by atoms with Crippen molar-refractivity contribution in [1.82, 2.24) is 4.98 Å². The summed E-state index contributed by atoms with van der Waals surface area (Å²) in [5, 5.41) is 2.76. The van der Waals surface area contributed by atoms with Crippen molar-refractivity contribution in [2.24, 2.45) is 5.73 Å². The van der Waals surface area contributed by atoms with E-state index >= 15 is 0 Å². The molecule has 0 saturated carbocycles. The van der Waals surface area contributed by atoms with E-state index < -0.39 is 0 Å². The normalized spacial score (nSPS) is 13.4.